The van der Waals surface area contributed by atoms with Crippen LogP contribution in [0.5, 0.6) is 0 Å². The van der Waals surface area contributed by atoms with Crippen LogP contribution in [0, 0.1) is 0 Å². The van der Waals surface area contributed by atoms with Crippen molar-refractivity contribution in [3.8, 4) is 0 Å². The van der Waals surface area contributed by atoms with Crippen LogP contribution in [0.4, 0.5) is 13.2 Å². The monoisotopic (exact) mass is 333 g/mol. The second-order valence-electron chi connectivity index (χ2n) is 3.76. The van der Waals surface area contributed by atoms with Crippen LogP contribution in [-0.2, 0) is 6.18 Å². The van der Waals surface area contributed by atoms with Crippen molar-refractivity contribution >= 4 is 30.7 Å². The third-order valence-corrected chi connectivity index (χ3v) is 2.35. The first kappa shape index (κ1) is 21.3. The molecule has 1 amide bonds. The highest BCUT2D eigenvalue weighted by atomic mass is 35.5. The Kier molecular flexibility index (Phi) is 9.55. The maximum absolute atomic E-state index is 12.3. The van der Waals surface area contributed by atoms with Crippen LogP contribution in [-0.4, -0.2) is 43.0 Å². The predicted octanol–water partition coefficient (Wildman–Crippen LogP) is 2.24. The number of halogens is 5. The van der Waals surface area contributed by atoms with E-state index < -0.39 is 17.6 Å². The Labute approximate surface area is 127 Å². The summed E-state index contributed by atoms with van der Waals surface area (Å²) in [6.45, 7) is 1.06. The molecule has 0 aliphatic carbocycles. The van der Waals surface area contributed by atoms with Gasteiger partial charge in [-0.3, -0.25) is 9.78 Å². The minimum Gasteiger partial charge on any atom is -0.339 e. The molecule has 0 atom stereocenters. The largest absolute Gasteiger partial charge is 0.417 e. The molecule has 0 aromatic carbocycles. The molecular formula is C11H16Cl2F3N3O. The zero-order valence-electron chi connectivity index (χ0n) is 10.9. The van der Waals surface area contributed by atoms with Gasteiger partial charge in [-0.25, -0.2) is 0 Å². The normalized spacial score (nSPS) is 10.2. The van der Waals surface area contributed by atoms with Crippen molar-refractivity contribution in [3.63, 3.8) is 0 Å². The second kappa shape index (κ2) is 8.99. The number of carbonyl (C=O) groups excluding carboxylic acids is 1. The second-order valence-corrected chi connectivity index (χ2v) is 3.76. The molecule has 0 fully saturated rings. The van der Waals surface area contributed by atoms with Crippen LogP contribution in [0.1, 0.15) is 16.1 Å². The van der Waals surface area contributed by atoms with Crippen LogP contribution in [0.2, 0.25) is 0 Å². The molecule has 0 saturated heterocycles. The van der Waals surface area contributed by atoms with Gasteiger partial charge in [0.25, 0.3) is 5.91 Å². The van der Waals surface area contributed by atoms with Gasteiger partial charge < -0.3 is 10.2 Å². The number of alkyl halides is 3. The summed E-state index contributed by atoms with van der Waals surface area (Å²) in [6, 6.07) is 1.94. The number of hydrogen-bond acceptors (Lipinski definition) is 3. The number of pyridine rings is 1. The SMILES string of the molecule is CNCCN(C)C(=O)c1ccc(C(F)(F)F)cn1.Cl.Cl. The number of amides is 1. The molecule has 1 aromatic heterocycles. The van der Waals surface area contributed by atoms with Gasteiger partial charge in [0.15, 0.2) is 0 Å². The molecule has 1 aromatic rings. The third-order valence-electron chi connectivity index (χ3n) is 2.35. The molecule has 9 heteroatoms. The van der Waals surface area contributed by atoms with Gasteiger partial charge in [-0.2, -0.15) is 13.2 Å². The van der Waals surface area contributed by atoms with Gasteiger partial charge in [0.2, 0.25) is 0 Å². The van der Waals surface area contributed by atoms with Gasteiger partial charge in [0, 0.05) is 26.3 Å². The third kappa shape index (κ3) is 5.94. The Balaban J connectivity index is 0. The Bertz CT molecular complexity index is 412. The standard InChI is InChI=1S/C11H14F3N3O.2ClH/c1-15-5-6-17(2)10(18)9-4-3-8(7-16-9)11(12,13)14;;/h3-4,7,15H,5-6H2,1-2H3;2*1H. The Morgan fingerprint density at radius 3 is 2.35 bits per heavy atom. The van der Waals surface area contributed by atoms with E-state index in [9.17, 15) is 18.0 Å². The average Bonchev–Trinajstić information content (AvgIpc) is 2.34. The lowest BCUT2D eigenvalue weighted by Gasteiger charge is -2.16. The number of nitrogens with zero attached hydrogens (tertiary/aromatic N) is 2. The van der Waals surface area contributed by atoms with E-state index in [1.165, 1.54) is 4.90 Å². The van der Waals surface area contributed by atoms with Crippen molar-refractivity contribution in [1.29, 1.82) is 0 Å². The summed E-state index contributed by atoms with van der Waals surface area (Å²) < 4.78 is 36.9. The van der Waals surface area contributed by atoms with E-state index >= 15 is 0 Å². The van der Waals surface area contributed by atoms with E-state index in [1.54, 1.807) is 14.1 Å². The minimum atomic E-state index is -4.44. The summed E-state index contributed by atoms with van der Waals surface area (Å²) in [5.41, 5.74) is -0.862. The lowest BCUT2D eigenvalue weighted by molar-refractivity contribution is -0.137. The Morgan fingerprint density at radius 2 is 1.95 bits per heavy atom. The maximum Gasteiger partial charge on any atom is 0.417 e. The van der Waals surface area contributed by atoms with E-state index in [-0.39, 0.29) is 30.5 Å². The topological polar surface area (TPSA) is 45.2 Å². The number of aromatic nitrogens is 1. The first-order valence-corrected chi connectivity index (χ1v) is 5.29. The predicted molar refractivity (Wildman–Crippen MR) is 74.6 cm³/mol. The summed E-state index contributed by atoms with van der Waals surface area (Å²) in [7, 11) is 3.31. The average molecular weight is 334 g/mol. The van der Waals surface area contributed by atoms with E-state index in [2.05, 4.69) is 10.3 Å². The number of nitrogens with one attached hydrogen (secondary N) is 1. The van der Waals surface area contributed by atoms with Crippen molar-refractivity contribution < 1.29 is 18.0 Å². The Morgan fingerprint density at radius 1 is 1.35 bits per heavy atom. The summed E-state index contributed by atoms with van der Waals surface area (Å²) in [5.74, 6) is -0.404. The van der Waals surface area contributed by atoms with Gasteiger partial charge in [-0.1, -0.05) is 0 Å². The van der Waals surface area contributed by atoms with Crippen molar-refractivity contribution in [1.82, 2.24) is 15.2 Å². The zero-order valence-corrected chi connectivity index (χ0v) is 12.5. The van der Waals surface area contributed by atoms with Crippen molar-refractivity contribution in [2.24, 2.45) is 0 Å². The fourth-order valence-corrected chi connectivity index (χ4v) is 1.26. The lowest BCUT2D eigenvalue weighted by Crippen LogP contribution is -2.33. The molecule has 0 unspecified atom stereocenters. The van der Waals surface area contributed by atoms with Crippen LogP contribution < -0.4 is 5.32 Å². The molecule has 0 spiro atoms. The van der Waals surface area contributed by atoms with Gasteiger partial charge >= 0.3 is 6.18 Å². The summed E-state index contributed by atoms with van der Waals surface area (Å²) in [6.07, 6.45) is -3.77. The molecule has 1 heterocycles. The first-order valence-electron chi connectivity index (χ1n) is 5.29. The molecule has 4 nitrogen and oxygen atoms in total. The quantitative estimate of drug-likeness (QED) is 0.919. The fraction of sp³-hybridized carbons (Fsp3) is 0.455. The van der Waals surface area contributed by atoms with Crippen LogP contribution >= 0.6 is 24.8 Å². The molecule has 20 heavy (non-hydrogen) atoms. The van der Waals surface area contributed by atoms with E-state index in [1.807, 2.05) is 0 Å². The van der Waals surface area contributed by atoms with Gasteiger partial charge in [-0.15, -0.1) is 24.8 Å². The lowest BCUT2D eigenvalue weighted by atomic mass is 10.2. The number of likely N-dealkylation sites (N-methyl/N-ethyl adjacent to an activating group) is 2. The van der Waals surface area contributed by atoms with E-state index in [0.29, 0.717) is 19.3 Å². The summed E-state index contributed by atoms with van der Waals surface area (Å²) in [4.78, 5) is 16.7. The van der Waals surface area contributed by atoms with E-state index in [0.717, 1.165) is 12.1 Å². The molecule has 0 radical (unpaired) electrons. The molecule has 1 N–H and O–H groups in total. The van der Waals surface area contributed by atoms with Crippen LogP contribution in [0.3, 0.4) is 0 Å². The number of rotatable bonds is 4. The molecule has 116 valence electrons. The van der Waals surface area contributed by atoms with Crippen molar-refractivity contribution in [3.05, 3.63) is 29.6 Å². The highest BCUT2D eigenvalue weighted by molar-refractivity contribution is 5.92. The van der Waals surface area contributed by atoms with Crippen LogP contribution in [0.15, 0.2) is 18.3 Å². The molecule has 0 bridgehead atoms. The first-order chi connectivity index (χ1) is 8.36. The van der Waals surface area contributed by atoms with Crippen molar-refractivity contribution in [2.45, 2.75) is 6.18 Å². The van der Waals surface area contributed by atoms with Gasteiger partial charge in [-0.05, 0) is 19.2 Å². The smallest absolute Gasteiger partial charge is 0.339 e. The van der Waals surface area contributed by atoms with Crippen LogP contribution in [0.25, 0.3) is 0 Å². The maximum atomic E-state index is 12.3. The number of carbonyl (C=O) groups is 1. The van der Waals surface area contributed by atoms with Crippen molar-refractivity contribution in [2.75, 3.05) is 27.2 Å². The highest BCUT2D eigenvalue weighted by Gasteiger charge is 2.31. The van der Waals surface area contributed by atoms with E-state index in [4.69, 9.17) is 0 Å². The molecule has 1 rings (SSSR count). The minimum absolute atomic E-state index is 0. The molecule has 0 aliphatic heterocycles. The highest BCUT2D eigenvalue weighted by Crippen LogP contribution is 2.28. The molecular weight excluding hydrogens is 318 g/mol. The van der Waals surface area contributed by atoms with Gasteiger partial charge in [0.05, 0.1) is 5.56 Å². The zero-order chi connectivity index (χ0) is 13.8. The Hall–Kier alpha value is -1.05. The fourth-order valence-electron chi connectivity index (χ4n) is 1.26. The van der Waals surface area contributed by atoms with Gasteiger partial charge in [0.1, 0.15) is 5.69 Å². The summed E-state index contributed by atoms with van der Waals surface area (Å²) >= 11 is 0. The molecule has 0 saturated carbocycles. The summed E-state index contributed by atoms with van der Waals surface area (Å²) in [5, 5.41) is 2.87. The number of hydrogen-bond donors (Lipinski definition) is 1. The molecule has 0 aliphatic rings.